The number of aryl methyl sites for hydroxylation is 2. The van der Waals surface area contributed by atoms with E-state index in [4.69, 9.17) is 79.0 Å². The summed E-state index contributed by atoms with van der Waals surface area (Å²) in [4.78, 5) is 110. The van der Waals surface area contributed by atoms with Gasteiger partial charge in [0.15, 0.2) is 0 Å². The minimum absolute atomic E-state index is 0. The number of nitrogens with one attached hydrogen (secondary N) is 2. The van der Waals surface area contributed by atoms with Crippen molar-refractivity contribution in [2.45, 2.75) is 118 Å². The van der Waals surface area contributed by atoms with Crippen molar-refractivity contribution in [3.63, 3.8) is 0 Å². The number of imide groups is 1. The van der Waals surface area contributed by atoms with E-state index in [1.165, 1.54) is 5.69 Å². The van der Waals surface area contributed by atoms with Gasteiger partial charge in [0.25, 0.3) is 11.8 Å². The Labute approximate surface area is 639 Å². The summed E-state index contributed by atoms with van der Waals surface area (Å²) in [7, 11) is 3.20. The molecule has 109 heavy (non-hydrogen) atoms. The highest BCUT2D eigenvalue weighted by molar-refractivity contribution is 6.08. The molecule has 8 N–H and O–H groups in total. The van der Waals surface area contributed by atoms with Crippen LogP contribution >= 0.6 is 0 Å². The molecule has 3 aliphatic heterocycles. The van der Waals surface area contributed by atoms with Crippen LogP contribution in [0.2, 0.25) is 0 Å². The molecule has 4 aromatic heterocycles. The zero-order chi connectivity index (χ0) is 77.1. The predicted molar refractivity (Wildman–Crippen MR) is 415 cm³/mol. The summed E-state index contributed by atoms with van der Waals surface area (Å²) in [5.41, 5.74) is 20.0. The Morgan fingerprint density at radius 1 is 0.477 bits per heavy atom. The Hall–Kier alpha value is -8.06. The zero-order valence-corrected chi connectivity index (χ0v) is 63.7. The average molecular weight is 1530 g/mol. The average Bonchev–Trinajstić information content (AvgIpc) is 1.69. The molecule has 0 atom stereocenters. The number of carboxylic acid groups (broad SMARTS) is 2. The maximum atomic E-state index is 12.9. The summed E-state index contributed by atoms with van der Waals surface area (Å²) < 4.78 is 53.5. The molecule has 3 aliphatic rings. The van der Waals surface area contributed by atoms with Crippen LogP contribution in [-0.4, -0.2) is 307 Å². The van der Waals surface area contributed by atoms with Crippen molar-refractivity contribution in [2.75, 3.05) is 233 Å². The quantitative estimate of drug-likeness (QED) is 0.0171. The number of aliphatic carboxylic acids is 2. The number of fused-ring (bicyclic) bond motifs is 6. The maximum Gasteiger partial charge on any atom is 0.335 e. The van der Waals surface area contributed by atoms with E-state index in [1.54, 1.807) is 19.1 Å². The fourth-order valence-electron chi connectivity index (χ4n) is 12.0. The second-order valence-corrected chi connectivity index (χ2v) is 26.2. The van der Waals surface area contributed by atoms with Crippen LogP contribution in [0.15, 0.2) is 36.4 Å². The number of nitrogens with two attached hydrogens (primary N) is 2. The molecule has 2 aromatic carbocycles. The third kappa shape index (κ3) is 32.1. The predicted octanol–water partition coefficient (Wildman–Crippen LogP) is 6.70. The van der Waals surface area contributed by atoms with Crippen LogP contribution in [0.4, 0.5) is 23.0 Å². The monoisotopic (exact) mass is 1530 g/mol. The summed E-state index contributed by atoms with van der Waals surface area (Å²) in [5.74, 6) is -0.533. The molecule has 0 bridgehead atoms. The van der Waals surface area contributed by atoms with Gasteiger partial charge in [0.2, 0.25) is 5.91 Å². The van der Waals surface area contributed by atoms with E-state index >= 15 is 0 Å². The zero-order valence-electron chi connectivity index (χ0n) is 63.7. The SMILES string of the molecule is C.CCCCc1nc2c([nH]1)c(N)nc1ccc(N3CCN(CCOCCCCCOCCC(=O)O)CC3)cc12.CCCCc1nc2c([nH]1)c(N)nc1ccc(N3CCN(CCOCCN(CCOCCC(=O)O)C(=O)CCOCCOCCOC)CC3)cc12.COCCOCCOCCC(=O)ON1C(=O)CCC1=O. The van der Waals surface area contributed by atoms with Crippen molar-refractivity contribution in [2.24, 2.45) is 0 Å². The summed E-state index contributed by atoms with van der Waals surface area (Å²) in [5, 5.41) is 20.0. The molecule has 0 radical (unpaired) electrons. The molecule has 0 unspecified atom stereocenters. The fourth-order valence-corrected chi connectivity index (χ4v) is 12.0. The summed E-state index contributed by atoms with van der Waals surface area (Å²) in [6, 6.07) is 12.7. The van der Waals surface area contributed by atoms with E-state index in [1.807, 2.05) is 6.07 Å². The number of anilines is 4. The Morgan fingerprint density at radius 3 is 1.31 bits per heavy atom. The van der Waals surface area contributed by atoms with Crippen LogP contribution < -0.4 is 21.3 Å². The minimum Gasteiger partial charge on any atom is -0.481 e. The lowest BCUT2D eigenvalue weighted by atomic mass is 10.1. The summed E-state index contributed by atoms with van der Waals surface area (Å²) >= 11 is 0. The number of rotatable bonds is 51. The lowest BCUT2D eigenvalue weighted by Gasteiger charge is -2.36. The number of unbranched alkanes of at least 4 members (excludes halogenated alkanes) is 4. The number of H-pyrrole nitrogens is 2. The molecule has 0 aliphatic carbocycles. The van der Waals surface area contributed by atoms with Gasteiger partial charge in [0, 0.05) is 154 Å². The highest BCUT2D eigenvalue weighted by atomic mass is 16.7. The van der Waals surface area contributed by atoms with Gasteiger partial charge < -0.3 is 98.6 Å². The number of carboxylic acids is 2. The maximum absolute atomic E-state index is 12.9. The molecule has 0 spiro atoms. The van der Waals surface area contributed by atoms with Crippen molar-refractivity contribution in [1.29, 1.82) is 0 Å². The lowest BCUT2D eigenvalue weighted by molar-refractivity contribution is -0.198. The Morgan fingerprint density at radius 2 is 0.872 bits per heavy atom. The molecule has 3 fully saturated rings. The summed E-state index contributed by atoms with van der Waals surface area (Å²) in [6.07, 6.45) is 9.54. The van der Waals surface area contributed by atoms with Crippen LogP contribution in [0.3, 0.4) is 0 Å². The first-order chi connectivity index (χ1) is 52.6. The third-order valence-corrected chi connectivity index (χ3v) is 18.2. The van der Waals surface area contributed by atoms with E-state index in [9.17, 15) is 28.8 Å². The smallest absolute Gasteiger partial charge is 0.335 e. The van der Waals surface area contributed by atoms with Gasteiger partial charge in [-0.2, -0.15) is 0 Å². The van der Waals surface area contributed by atoms with Crippen LogP contribution in [0.5, 0.6) is 0 Å². The number of piperazine rings is 2. The second-order valence-electron chi connectivity index (χ2n) is 26.2. The van der Waals surface area contributed by atoms with E-state index in [-0.39, 0.29) is 78.3 Å². The van der Waals surface area contributed by atoms with Crippen LogP contribution in [0.1, 0.15) is 116 Å². The molecule has 33 heteroatoms. The number of imidazole rings is 2. The Kier molecular flexibility index (Phi) is 42.4. The number of amides is 3. The van der Waals surface area contributed by atoms with E-state index < -0.39 is 29.7 Å². The summed E-state index contributed by atoms with van der Waals surface area (Å²) in [6.45, 7) is 22.2. The number of nitrogens with zero attached hydrogens (tertiary/aromatic N) is 10. The van der Waals surface area contributed by atoms with Gasteiger partial charge in [-0.05, 0) is 68.5 Å². The number of nitrogen functional groups attached to an aromatic ring is 2. The van der Waals surface area contributed by atoms with Crippen molar-refractivity contribution in [3.8, 4) is 0 Å². The second kappa shape index (κ2) is 51.4. The number of hydroxylamine groups is 2. The Balaban J connectivity index is 0.000000277. The number of carbonyl (C=O) groups excluding carboxylic acids is 4. The molecule has 7 heterocycles. The molecule has 608 valence electrons. The molecule has 6 aromatic rings. The van der Waals surface area contributed by atoms with Gasteiger partial charge in [0.1, 0.15) is 45.4 Å². The first kappa shape index (κ1) is 89.8. The number of methoxy groups -OCH3 is 2. The number of aromatic amines is 2. The number of pyridine rings is 2. The van der Waals surface area contributed by atoms with Gasteiger partial charge in [-0.15, -0.1) is 5.06 Å². The van der Waals surface area contributed by atoms with Gasteiger partial charge >= 0.3 is 17.9 Å². The molecule has 0 saturated carbocycles. The van der Waals surface area contributed by atoms with E-state index in [0.717, 1.165) is 198 Å². The first-order valence-corrected chi connectivity index (χ1v) is 38.1. The molecule has 3 saturated heterocycles. The molecular formula is C76H120N14O19. The largest absolute Gasteiger partial charge is 0.481 e. The van der Waals surface area contributed by atoms with Crippen molar-refractivity contribution >= 4 is 103 Å². The highest BCUT2D eigenvalue weighted by Gasteiger charge is 2.33. The van der Waals surface area contributed by atoms with Gasteiger partial charge in [-0.3, -0.25) is 33.8 Å². The number of carbonyl (C=O) groups is 6. The molecule has 3 amide bonds. The van der Waals surface area contributed by atoms with Crippen molar-refractivity contribution < 1.29 is 91.2 Å². The van der Waals surface area contributed by atoms with E-state index in [0.29, 0.717) is 109 Å². The van der Waals surface area contributed by atoms with Crippen LogP contribution in [0, 0.1) is 0 Å². The van der Waals surface area contributed by atoms with Gasteiger partial charge in [0.05, 0.1) is 142 Å². The van der Waals surface area contributed by atoms with E-state index in [2.05, 4.69) is 88.6 Å². The van der Waals surface area contributed by atoms with Crippen molar-refractivity contribution in [1.82, 2.24) is 49.7 Å². The number of ether oxygens (including phenoxy) is 10. The van der Waals surface area contributed by atoms with Gasteiger partial charge in [-0.25, -0.2) is 24.7 Å². The highest BCUT2D eigenvalue weighted by Crippen LogP contribution is 2.32. The Bertz CT molecular complexity index is 3650. The normalized spacial score (nSPS) is 14.2. The first-order valence-electron chi connectivity index (χ1n) is 38.1. The topological polar surface area (TPSA) is 399 Å². The lowest BCUT2D eigenvalue weighted by Crippen LogP contribution is -2.47. The van der Waals surface area contributed by atoms with Gasteiger partial charge in [-0.1, -0.05) is 34.1 Å². The minimum atomic E-state index is -0.916. The van der Waals surface area contributed by atoms with Crippen molar-refractivity contribution in [3.05, 3.63) is 48.0 Å². The molecule has 33 nitrogen and oxygen atoms in total. The fraction of sp³-hybridized carbons (Fsp3) is 0.658. The number of hydrogen-bond acceptors (Lipinski definition) is 27. The standard InChI is InChI=1S/C35H55N7O8.C28H42N6O4.C12H19NO7.CH4/c1-3-4-5-30-38-33-28-26-27(6-7-29(28)37-35(36)34(33)39-30)41-12-10-40(11-13-41)14-19-49-21-16-42(15-20-47-18-9-32(44)45)31(43)8-17-48-24-25-50-23-22-46-2;1-2-3-7-24-31-26-22-20-21(8-9-23(22)30-28(29)27(26)32-24)34-13-11-33(12-14-34)15-19-38-17-6-4-5-16-37-18-10-25(35)36;1-17-6-7-19-9-8-18-5-4-12(16)20-13-10(14)2-3-11(13)15;/h6-7,26H,3-5,8-25H2,1-2H3,(H2,36,37)(H,38,39)(H,44,45);8-9,20H,2-7,10-19H2,1H3,(H2,29,30)(H,31,32)(H,35,36);2-9H2,1H3;1H4. The van der Waals surface area contributed by atoms with Crippen LogP contribution in [0.25, 0.3) is 43.9 Å². The molecular weight excluding hydrogens is 1410 g/mol. The number of benzene rings is 2. The third-order valence-electron chi connectivity index (χ3n) is 18.2. The number of hydrogen-bond donors (Lipinski definition) is 6. The molecule has 9 rings (SSSR count). The number of aromatic nitrogens is 6. The van der Waals surface area contributed by atoms with Crippen LogP contribution in [-0.2, 0) is 93.8 Å².